The van der Waals surface area contributed by atoms with E-state index in [0.29, 0.717) is 0 Å². The Hall–Kier alpha value is -0.369. The summed E-state index contributed by atoms with van der Waals surface area (Å²) in [6.45, 7) is 3.74. The van der Waals surface area contributed by atoms with E-state index in [9.17, 15) is 28.8 Å². The first kappa shape index (κ1) is 15.7. The second kappa shape index (κ2) is 4.63. The molecule has 0 fully saturated rings. The lowest BCUT2D eigenvalue weighted by Crippen LogP contribution is -2.57. The fraction of sp³-hybridized carbons (Fsp3) is 0.333. The molecule has 0 atom stereocenters. The Morgan fingerprint density at radius 1 is 0.556 bits per heavy atom. The van der Waals surface area contributed by atoms with E-state index in [1.165, 1.54) is 37.8 Å². The minimum absolute atomic E-state index is 0.124. The normalized spacial score (nSPS) is 13.8. The molecule has 0 bridgehead atoms. The summed E-state index contributed by atoms with van der Waals surface area (Å²) in [7, 11) is -11.0. The molecule has 0 saturated carbocycles. The smallest absolute Gasteiger partial charge is 0.363 e. The molecule has 0 amide bonds. The van der Waals surface area contributed by atoms with Gasteiger partial charge in [0.25, 0.3) is 0 Å². The van der Waals surface area contributed by atoms with Crippen LogP contribution in [0.5, 0.6) is 0 Å². The topological polar surface area (TPSA) is 121 Å². The van der Waals surface area contributed by atoms with Gasteiger partial charge >= 0.3 is 25.7 Å². The summed E-state index contributed by atoms with van der Waals surface area (Å²) >= 11 is 0. The third-order valence-corrected chi connectivity index (χ3v) is 6.72. The minimum Gasteiger partial charge on any atom is -0.408 e. The van der Waals surface area contributed by atoms with E-state index in [4.69, 9.17) is 0 Å². The van der Waals surface area contributed by atoms with Crippen molar-refractivity contribution in [1.82, 2.24) is 0 Å². The van der Waals surface area contributed by atoms with Crippen LogP contribution in [-0.4, -0.2) is 54.5 Å². The van der Waals surface area contributed by atoms with Crippen LogP contribution in [0.1, 0.15) is 0 Å². The van der Waals surface area contributed by atoms with Gasteiger partial charge in [0.1, 0.15) is 0 Å². The quantitative estimate of drug-likeness (QED) is 0.322. The van der Waals surface area contributed by atoms with Gasteiger partial charge < -0.3 is 28.8 Å². The van der Waals surface area contributed by atoms with Gasteiger partial charge in [-0.15, -0.1) is 0 Å². The van der Waals surface area contributed by atoms with Gasteiger partial charge in [0.15, 0.2) is 0 Å². The monoisotopic (exact) mass is 306 g/mol. The van der Waals surface area contributed by atoms with Crippen molar-refractivity contribution in [1.29, 1.82) is 0 Å². The molecular formula is C9H18O6Si3. The van der Waals surface area contributed by atoms with Gasteiger partial charge in [0.2, 0.25) is 0 Å². The average Bonchev–Trinajstić information content (AvgIpc) is 2.13. The molecule has 0 heterocycles. The van der Waals surface area contributed by atoms with Gasteiger partial charge in [-0.25, -0.2) is 0 Å². The van der Waals surface area contributed by atoms with Crippen LogP contribution >= 0.6 is 0 Å². The Kier molecular flexibility index (Phi) is 4.03. The van der Waals surface area contributed by atoms with Crippen LogP contribution in [0, 0.1) is 0 Å². The summed E-state index contributed by atoms with van der Waals surface area (Å²) in [4.78, 5) is 58.0. The van der Waals surface area contributed by atoms with Crippen molar-refractivity contribution in [3.05, 3.63) is 18.2 Å². The van der Waals surface area contributed by atoms with Crippen molar-refractivity contribution in [2.75, 3.05) is 0 Å². The van der Waals surface area contributed by atoms with Crippen molar-refractivity contribution in [2.45, 2.75) is 19.6 Å². The molecule has 0 spiro atoms. The van der Waals surface area contributed by atoms with E-state index in [1.54, 1.807) is 0 Å². The molecule has 6 N–H and O–H groups in total. The molecule has 0 aliphatic heterocycles. The standard InChI is InChI=1S/C9H18O6Si3/c1-16(10,11)7-4-8(17(2,12)13)6-9(5-7)18(3,14)15/h4-6,10-15H,1-3H3. The van der Waals surface area contributed by atoms with Crippen LogP contribution in [0.15, 0.2) is 18.2 Å². The lowest BCUT2D eigenvalue weighted by atomic mass is 10.3. The van der Waals surface area contributed by atoms with Crippen molar-refractivity contribution in [3.63, 3.8) is 0 Å². The van der Waals surface area contributed by atoms with Gasteiger partial charge in [-0.05, 0) is 35.2 Å². The molecule has 1 aromatic rings. The van der Waals surface area contributed by atoms with Crippen molar-refractivity contribution in [3.8, 4) is 0 Å². The van der Waals surface area contributed by atoms with Gasteiger partial charge in [0.05, 0.1) is 0 Å². The highest BCUT2D eigenvalue weighted by Gasteiger charge is 2.35. The molecule has 6 nitrogen and oxygen atoms in total. The maximum Gasteiger partial charge on any atom is 0.363 e. The lowest BCUT2D eigenvalue weighted by Gasteiger charge is -2.22. The Morgan fingerprint density at radius 3 is 0.833 bits per heavy atom. The predicted octanol–water partition coefficient (Wildman–Crippen LogP) is -3.52. The highest BCUT2D eigenvalue weighted by Crippen LogP contribution is 2.00. The molecule has 1 rings (SSSR count). The summed E-state index contributed by atoms with van der Waals surface area (Å²) in [6, 6.07) is 3.92. The predicted molar refractivity (Wildman–Crippen MR) is 73.5 cm³/mol. The molecule has 0 radical (unpaired) electrons. The van der Waals surface area contributed by atoms with Crippen LogP contribution in [0.4, 0.5) is 0 Å². The fourth-order valence-electron chi connectivity index (χ4n) is 1.45. The van der Waals surface area contributed by atoms with Gasteiger partial charge in [0, 0.05) is 0 Å². The number of hydrogen-bond donors (Lipinski definition) is 6. The van der Waals surface area contributed by atoms with Crippen LogP contribution in [-0.2, 0) is 0 Å². The number of benzene rings is 1. The maximum atomic E-state index is 9.67. The third-order valence-electron chi connectivity index (χ3n) is 2.57. The zero-order valence-corrected chi connectivity index (χ0v) is 13.4. The summed E-state index contributed by atoms with van der Waals surface area (Å²) in [5.41, 5.74) is 0. The van der Waals surface area contributed by atoms with Crippen LogP contribution in [0.2, 0.25) is 19.6 Å². The number of hydrogen-bond acceptors (Lipinski definition) is 6. The first-order chi connectivity index (χ1) is 7.82. The molecule has 0 aromatic heterocycles. The second-order valence-corrected chi connectivity index (χ2v) is 12.7. The molecule has 0 unspecified atom stereocenters. The molecular weight excluding hydrogens is 288 g/mol. The van der Waals surface area contributed by atoms with E-state index < -0.39 is 25.7 Å². The Morgan fingerprint density at radius 2 is 0.722 bits per heavy atom. The molecule has 1 aromatic carbocycles. The molecule has 0 saturated heterocycles. The van der Waals surface area contributed by atoms with Crippen LogP contribution in [0.3, 0.4) is 0 Å². The van der Waals surface area contributed by atoms with Gasteiger partial charge in [-0.1, -0.05) is 18.2 Å². The summed E-state index contributed by atoms with van der Waals surface area (Å²) in [5.74, 6) is 0. The van der Waals surface area contributed by atoms with Crippen LogP contribution < -0.4 is 15.6 Å². The Bertz CT molecular complexity index is 364. The zero-order chi connectivity index (χ0) is 14.4. The average molecular weight is 306 g/mol. The van der Waals surface area contributed by atoms with Crippen molar-refractivity contribution in [2.24, 2.45) is 0 Å². The SMILES string of the molecule is C[Si](O)(O)c1cc([Si](C)(O)O)cc([Si](C)(O)O)c1. The van der Waals surface area contributed by atoms with Gasteiger partial charge in [-0.3, -0.25) is 0 Å². The summed E-state index contributed by atoms with van der Waals surface area (Å²) in [6.07, 6.45) is 0. The second-order valence-electron chi connectivity index (χ2n) is 4.86. The highest BCUT2D eigenvalue weighted by molar-refractivity contribution is 6.83. The zero-order valence-electron chi connectivity index (χ0n) is 10.4. The Balaban J connectivity index is 3.49. The fourth-order valence-corrected chi connectivity index (χ4v) is 4.45. The number of rotatable bonds is 3. The van der Waals surface area contributed by atoms with E-state index in [-0.39, 0.29) is 15.6 Å². The van der Waals surface area contributed by atoms with Crippen molar-refractivity contribution < 1.29 is 28.8 Å². The molecule has 102 valence electrons. The first-order valence-corrected chi connectivity index (χ1v) is 12.5. The van der Waals surface area contributed by atoms with Gasteiger partial charge in [-0.2, -0.15) is 0 Å². The lowest BCUT2D eigenvalue weighted by molar-refractivity contribution is 0.391. The third kappa shape index (κ3) is 3.81. The summed E-state index contributed by atoms with van der Waals surface area (Å²) < 4.78 is 0. The van der Waals surface area contributed by atoms with E-state index >= 15 is 0 Å². The van der Waals surface area contributed by atoms with E-state index in [0.717, 1.165) is 0 Å². The first-order valence-electron chi connectivity index (χ1n) is 5.32. The van der Waals surface area contributed by atoms with E-state index in [1.807, 2.05) is 0 Å². The summed E-state index contributed by atoms with van der Waals surface area (Å²) in [5, 5.41) is 0.371. The van der Waals surface area contributed by atoms with Crippen molar-refractivity contribution >= 4 is 41.2 Å². The molecule has 0 aliphatic carbocycles. The minimum atomic E-state index is -3.65. The Labute approximate surface area is 108 Å². The molecule has 9 heteroatoms. The largest absolute Gasteiger partial charge is 0.408 e. The molecule has 0 aliphatic rings. The van der Waals surface area contributed by atoms with Crippen LogP contribution in [0.25, 0.3) is 0 Å². The highest BCUT2D eigenvalue weighted by atomic mass is 28.4. The maximum absolute atomic E-state index is 9.67. The van der Waals surface area contributed by atoms with E-state index in [2.05, 4.69) is 0 Å². The molecule has 18 heavy (non-hydrogen) atoms.